The molecule has 0 aliphatic carbocycles. The second-order valence-electron chi connectivity index (χ2n) is 4.61. The summed E-state index contributed by atoms with van der Waals surface area (Å²) < 4.78 is 2.04. The van der Waals surface area contributed by atoms with Crippen LogP contribution in [0.5, 0.6) is 0 Å². The monoisotopic (exact) mass is 305 g/mol. The first kappa shape index (κ1) is 13.4. The smallest absolute Gasteiger partial charge is 0.140 e. The summed E-state index contributed by atoms with van der Waals surface area (Å²) in [5.74, 6) is 0.847. The molecule has 2 N–H and O–H groups in total. The van der Waals surface area contributed by atoms with Crippen molar-refractivity contribution in [2.24, 2.45) is 12.8 Å². The molecule has 0 saturated heterocycles. The molecule has 1 heterocycles. The highest BCUT2D eigenvalue weighted by atomic mass is 35.5. The molecule has 3 nitrogen and oxygen atoms in total. The third-order valence-corrected chi connectivity index (χ3v) is 4.13. The molecule has 0 aliphatic heterocycles. The summed E-state index contributed by atoms with van der Waals surface area (Å²) in [5.41, 5.74) is 9.71. The van der Waals surface area contributed by atoms with Crippen molar-refractivity contribution < 1.29 is 0 Å². The van der Waals surface area contributed by atoms with Gasteiger partial charge in [0.1, 0.15) is 5.82 Å². The summed E-state index contributed by atoms with van der Waals surface area (Å²) >= 11 is 12.0. The number of rotatable bonds is 2. The summed E-state index contributed by atoms with van der Waals surface area (Å²) in [6.45, 7) is 0.467. The minimum Gasteiger partial charge on any atom is -0.327 e. The van der Waals surface area contributed by atoms with Crippen LogP contribution in [0.3, 0.4) is 0 Å². The van der Waals surface area contributed by atoms with Crippen molar-refractivity contribution in [1.29, 1.82) is 0 Å². The van der Waals surface area contributed by atoms with E-state index >= 15 is 0 Å². The van der Waals surface area contributed by atoms with E-state index in [2.05, 4.69) is 0 Å². The van der Waals surface area contributed by atoms with E-state index in [-0.39, 0.29) is 0 Å². The van der Waals surface area contributed by atoms with Crippen LogP contribution in [0, 0.1) is 0 Å². The first-order valence-electron chi connectivity index (χ1n) is 6.21. The number of hydrogen-bond donors (Lipinski definition) is 1. The van der Waals surface area contributed by atoms with E-state index in [0.29, 0.717) is 16.6 Å². The summed E-state index contributed by atoms with van der Waals surface area (Å²) in [4.78, 5) is 4.71. The zero-order valence-electron chi connectivity index (χ0n) is 10.9. The Morgan fingerprint density at radius 3 is 2.65 bits per heavy atom. The Morgan fingerprint density at radius 1 is 1.15 bits per heavy atom. The highest BCUT2D eigenvalue weighted by molar-refractivity contribution is 6.42. The number of hydrogen-bond acceptors (Lipinski definition) is 2. The first-order chi connectivity index (χ1) is 9.61. The van der Waals surface area contributed by atoms with Crippen molar-refractivity contribution in [2.75, 3.05) is 0 Å². The fraction of sp³-hybridized carbons (Fsp3) is 0.133. The van der Waals surface area contributed by atoms with Gasteiger partial charge in [-0.1, -0.05) is 35.3 Å². The normalized spacial score (nSPS) is 11.2. The van der Waals surface area contributed by atoms with Crippen LogP contribution < -0.4 is 5.73 Å². The topological polar surface area (TPSA) is 43.8 Å². The molecule has 0 fully saturated rings. The molecule has 102 valence electrons. The van der Waals surface area contributed by atoms with Crippen LogP contribution in [-0.2, 0) is 13.6 Å². The van der Waals surface area contributed by atoms with Crippen molar-refractivity contribution in [3.8, 4) is 11.4 Å². The molecule has 0 unspecified atom stereocenters. The van der Waals surface area contributed by atoms with Crippen molar-refractivity contribution in [3.05, 3.63) is 52.0 Å². The Morgan fingerprint density at radius 2 is 1.95 bits per heavy atom. The highest BCUT2D eigenvalue weighted by Gasteiger charge is 2.13. The minimum atomic E-state index is 0.467. The van der Waals surface area contributed by atoms with E-state index < -0.39 is 0 Å². The van der Waals surface area contributed by atoms with E-state index in [1.807, 2.05) is 41.9 Å². The van der Waals surface area contributed by atoms with Gasteiger partial charge in [-0.05, 0) is 29.8 Å². The lowest BCUT2D eigenvalue weighted by atomic mass is 10.2. The molecular weight excluding hydrogens is 293 g/mol. The Balaban J connectivity index is 2.26. The standard InChI is InChI=1S/C15H13Cl2N3/c1-20-13-4-2-3-10(8-18)14(13)19-15(20)9-5-6-11(16)12(17)7-9/h2-7H,8,18H2,1H3. The number of nitrogens with zero attached hydrogens (tertiary/aromatic N) is 2. The van der Waals surface area contributed by atoms with Gasteiger partial charge in [0.2, 0.25) is 0 Å². The van der Waals surface area contributed by atoms with Crippen LogP contribution in [0.4, 0.5) is 0 Å². The van der Waals surface area contributed by atoms with Gasteiger partial charge in [-0.2, -0.15) is 0 Å². The minimum absolute atomic E-state index is 0.467. The number of fused-ring (bicyclic) bond motifs is 1. The third kappa shape index (κ3) is 2.08. The highest BCUT2D eigenvalue weighted by Crippen LogP contribution is 2.30. The molecule has 20 heavy (non-hydrogen) atoms. The van der Waals surface area contributed by atoms with Gasteiger partial charge in [0.25, 0.3) is 0 Å². The average molecular weight is 306 g/mol. The quantitative estimate of drug-likeness (QED) is 0.777. The van der Waals surface area contributed by atoms with Gasteiger partial charge in [-0.15, -0.1) is 0 Å². The van der Waals surface area contributed by atoms with Gasteiger partial charge in [0.05, 0.1) is 21.1 Å². The average Bonchev–Trinajstić information content (AvgIpc) is 2.79. The second kappa shape index (κ2) is 5.09. The maximum absolute atomic E-state index is 6.08. The fourth-order valence-corrected chi connectivity index (χ4v) is 2.63. The molecule has 1 aromatic heterocycles. The number of aromatic nitrogens is 2. The molecule has 3 aromatic rings. The lowest BCUT2D eigenvalue weighted by Gasteiger charge is -2.04. The molecule has 0 atom stereocenters. The molecule has 5 heteroatoms. The summed E-state index contributed by atoms with van der Waals surface area (Å²) in [5, 5.41) is 1.06. The Kier molecular flexibility index (Phi) is 3.42. The van der Waals surface area contributed by atoms with Gasteiger partial charge >= 0.3 is 0 Å². The van der Waals surface area contributed by atoms with Gasteiger partial charge < -0.3 is 10.3 Å². The third-order valence-electron chi connectivity index (χ3n) is 3.39. The molecule has 3 rings (SSSR count). The Bertz CT molecular complexity index is 793. The zero-order chi connectivity index (χ0) is 14.3. The number of benzene rings is 2. The molecule has 0 aliphatic rings. The van der Waals surface area contributed by atoms with Crippen molar-refractivity contribution in [2.45, 2.75) is 6.54 Å². The molecule has 0 spiro atoms. The van der Waals surface area contributed by atoms with Crippen LogP contribution in [0.1, 0.15) is 5.56 Å². The number of imidazole rings is 1. The van der Waals surface area contributed by atoms with Crippen molar-refractivity contribution in [3.63, 3.8) is 0 Å². The molecule has 0 saturated carbocycles. The SMILES string of the molecule is Cn1c(-c2ccc(Cl)c(Cl)c2)nc2c(CN)cccc21. The lowest BCUT2D eigenvalue weighted by Crippen LogP contribution is -1.97. The zero-order valence-corrected chi connectivity index (χ0v) is 12.4. The fourth-order valence-electron chi connectivity index (χ4n) is 2.33. The number of aryl methyl sites for hydroxylation is 1. The predicted octanol–water partition coefficient (Wildman–Crippen LogP) is 4.01. The Labute approximate surface area is 126 Å². The van der Waals surface area contributed by atoms with Crippen LogP contribution in [0.15, 0.2) is 36.4 Å². The van der Waals surface area contributed by atoms with Gasteiger partial charge in [-0.3, -0.25) is 0 Å². The largest absolute Gasteiger partial charge is 0.327 e. The maximum atomic E-state index is 6.08. The predicted molar refractivity (Wildman–Crippen MR) is 84.1 cm³/mol. The van der Waals surface area contributed by atoms with Gasteiger partial charge in [0, 0.05) is 19.2 Å². The molecular formula is C15H13Cl2N3. The summed E-state index contributed by atoms with van der Waals surface area (Å²) in [7, 11) is 1.98. The number of para-hydroxylation sites is 1. The van der Waals surface area contributed by atoms with Gasteiger partial charge in [0.15, 0.2) is 0 Å². The molecule has 2 aromatic carbocycles. The maximum Gasteiger partial charge on any atom is 0.140 e. The van der Waals surface area contributed by atoms with Gasteiger partial charge in [-0.25, -0.2) is 4.98 Å². The molecule has 0 amide bonds. The summed E-state index contributed by atoms with van der Waals surface area (Å²) in [6, 6.07) is 11.5. The van der Waals surface area contributed by atoms with Crippen LogP contribution in [0.2, 0.25) is 10.0 Å². The van der Waals surface area contributed by atoms with Crippen LogP contribution in [-0.4, -0.2) is 9.55 Å². The number of halogens is 2. The van der Waals surface area contributed by atoms with E-state index in [0.717, 1.165) is 28.0 Å². The molecule has 0 radical (unpaired) electrons. The van der Waals surface area contributed by atoms with Crippen LogP contribution >= 0.6 is 23.2 Å². The van der Waals surface area contributed by atoms with E-state index in [1.165, 1.54) is 0 Å². The number of nitrogens with two attached hydrogens (primary N) is 1. The second-order valence-corrected chi connectivity index (χ2v) is 5.43. The van der Waals surface area contributed by atoms with Crippen molar-refractivity contribution in [1.82, 2.24) is 9.55 Å². The Hall–Kier alpha value is -1.55. The van der Waals surface area contributed by atoms with E-state index in [4.69, 9.17) is 33.9 Å². The molecule has 0 bridgehead atoms. The van der Waals surface area contributed by atoms with Crippen LogP contribution in [0.25, 0.3) is 22.4 Å². The lowest BCUT2D eigenvalue weighted by molar-refractivity contribution is 0.959. The summed E-state index contributed by atoms with van der Waals surface area (Å²) in [6.07, 6.45) is 0. The van der Waals surface area contributed by atoms with E-state index in [1.54, 1.807) is 6.07 Å². The van der Waals surface area contributed by atoms with Crippen molar-refractivity contribution >= 4 is 34.2 Å². The van der Waals surface area contributed by atoms with E-state index in [9.17, 15) is 0 Å². The first-order valence-corrected chi connectivity index (χ1v) is 6.97.